The van der Waals surface area contributed by atoms with Crippen LogP contribution in [0.25, 0.3) is 0 Å². The van der Waals surface area contributed by atoms with Crippen molar-refractivity contribution in [2.45, 2.75) is 12.5 Å². The van der Waals surface area contributed by atoms with Gasteiger partial charge in [0.05, 0.1) is 10.5 Å². The Morgan fingerprint density at radius 2 is 1.70 bits per heavy atom. The van der Waals surface area contributed by atoms with E-state index in [-0.39, 0.29) is 16.5 Å². The summed E-state index contributed by atoms with van der Waals surface area (Å²) < 4.78 is 40.7. The largest absolute Gasteiger partial charge is 0.271 e. The van der Waals surface area contributed by atoms with Crippen LogP contribution in [0.2, 0.25) is 0 Å². The average Bonchev–Trinajstić information content (AvgIpc) is 2.44. The summed E-state index contributed by atoms with van der Waals surface area (Å²) >= 11 is 3.13. The second-order valence-electron chi connectivity index (χ2n) is 4.28. The molecule has 0 saturated heterocycles. The molecule has 1 unspecified atom stereocenters. The van der Waals surface area contributed by atoms with E-state index in [0.717, 1.165) is 6.07 Å². The van der Waals surface area contributed by atoms with Crippen molar-refractivity contribution in [1.29, 1.82) is 0 Å². The van der Waals surface area contributed by atoms with Crippen LogP contribution < -0.4 is 11.3 Å². The molecule has 0 aliphatic carbocycles. The van der Waals surface area contributed by atoms with Crippen LogP contribution in [0.15, 0.2) is 40.9 Å². The molecule has 0 heterocycles. The SMILES string of the molecule is NNC(Cc1cccc(F)c1Br)c1cccc(F)c1F. The van der Waals surface area contributed by atoms with Gasteiger partial charge in [-0.25, -0.2) is 13.2 Å². The minimum atomic E-state index is -0.956. The first-order valence-corrected chi connectivity index (χ1v) is 6.66. The second-order valence-corrected chi connectivity index (χ2v) is 5.07. The van der Waals surface area contributed by atoms with Crippen molar-refractivity contribution in [1.82, 2.24) is 5.43 Å². The van der Waals surface area contributed by atoms with Crippen LogP contribution in [0.1, 0.15) is 17.2 Å². The monoisotopic (exact) mass is 344 g/mol. The molecule has 20 heavy (non-hydrogen) atoms. The van der Waals surface area contributed by atoms with Crippen molar-refractivity contribution < 1.29 is 13.2 Å². The first-order chi connectivity index (χ1) is 9.54. The molecule has 0 bridgehead atoms. The number of rotatable bonds is 4. The lowest BCUT2D eigenvalue weighted by Gasteiger charge is -2.18. The lowest BCUT2D eigenvalue weighted by Crippen LogP contribution is -2.30. The summed E-state index contributed by atoms with van der Waals surface area (Å²) in [4.78, 5) is 0. The highest BCUT2D eigenvalue weighted by atomic mass is 79.9. The summed E-state index contributed by atoms with van der Waals surface area (Å²) in [6, 6.07) is 7.75. The fraction of sp³-hybridized carbons (Fsp3) is 0.143. The molecule has 106 valence electrons. The van der Waals surface area contributed by atoms with Crippen LogP contribution in [0.3, 0.4) is 0 Å². The molecule has 6 heteroatoms. The number of benzene rings is 2. The van der Waals surface area contributed by atoms with Gasteiger partial charge in [-0.2, -0.15) is 0 Å². The second kappa shape index (κ2) is 6.39. The Hall–Kier alpha value is -1.37. The van der Waals surface area contributed by atoms with E-state index < -0.39 is 23.5 Å². The molecule has 0 aliphatic heterocycles. The van der Waals surface area contributed by atoms with E-state index >= 15 is 0 Å². The molecule has 0 aromatic heterocycles. The molecule has 2 rings (SSSR count). The average molecular weight is 345 g/mol. The van der Waals surface area contributed by atoms with Crippen LogP contribution in [0, 0.1) is 17.5 Å². The highest BCUT2D eigenvalue weighted by Gasteiger charge is 2.19. The highest BCUT2D eigenvalue weighted by molar-refractivity contribution is 9.10. The van der Waals surface area contributed by atoms with E-state index in [0.29, 0.717) is 5.56 Å². The fourth-order valence-electron chi connectivity index (χ4n) is 1.97. The molecule has 0 fully saturated rings. The zero-order valence-corrected chi connectivity index (χ0v) is 11.9. The fourth-order valence-corrected chi connectivity index (χ4v) is 2.40. The van der Waals surface area contributed by atoms with Crippen molar-refractivity contribution in [3.05, 3.63) is 69.4 Å². The molecule has 0 spiro atoms. The molecule has 0 amide bonds. The minimum absolute atomic E-state index is 0.101. The molecule has 0 aliphatic rings. The third kappa shape index (κ3) is 3.03. The Kier molecular flexibility index (Phi) is 4.80. The molecule has 2 nitrogen and oxygen atoms in total. The van der Waals surface area contributed by atoms with Gasteiger partial charge in [0.25, 0.3) is 0 Å². The molecular weight excluding hydrogens is 333 g/mol. The van der Waals surface area contributed by atoms with Crippen LogP contribution in [0.5, 0.6) is 0 Å². The molecule has 2 aromatic rings. The zero-order valence-electron chi connectivity index (χ0n) is 10.3. The predicted molar refractivity (Wildman–Crippen MR) is 74.2 cm³/mol. The van der Waals surface area contributed by atoms with Crippen LogP contribution >= 0.6 is 15.9 Å². The maximum atomic E-state index is 13.8. The first kappa shape index (κ1) is 15.0. The Bertz CT molecular complexity index is 619. The van der Waals surface area contributed by atoms with E-state index in [1.165, 1.54) is 18.2 Å². The number of hydrogen-bond acceptors (Lipinski definition) is 2. The first-order valence-electron chi connectivity index (χ1n) is 5.87. The van der Waals surface area contributed by atoms with Gasteiger partial charge < -0.3 is 0 Å². The van der Waals surface area contributed by atoms with E-state index in [1.807, 2.05) is 0 Å². The van der Waals surface area contributed by atoms with Gasteiger partial charge in [0.2, 0.25) is 0 Å². The van der Waals surface area contributed by atoms with Gasteiger partial charge in [0.1, 0.15) is 5.82 Å². The van der Waals surface area contributed by atoms with Gasteiger partial charge in [-0.15, -0.1) is 0 Å². The standard InChI is InChI=1S/C14H12BrF3N2/c15-13-8(3-1-5-10(13)16)7-12(20-19)9-4-2-6-11(17)14(9)18/h1-6,12,20H,7,19H2. The summed E-state index contributed by atoms with van der Waals surface area (Å²) in [7, 11) is 0. The van der Waals surface area contributed by atoms with Crippen molar-refractivity contribution in [2.75, 3.05) is 0 Å². The normalized spacial score (nSPS) is 12.4. The van der Waals surface area contributed by atoms with E-state index in [9.17, 15) is 13.2 Å². The smallest absolute Gasteiger partial charge is 0.163 e. The molecule has 0 saturated carbocycles. The Labute approximate surface area is 122 Å². The summed E-state index contributed by atoms with van der Waals surface area (Å²) in [6.45, 7) is 0. The zero-order chi connectivity index (χ0) is 14.7. The number of nitrogens with two attached hydrogens (primary N) is 1. The summed E-state index contributed by atoms with van der Waals surface area (Å²) in [5.74, 6) is 3.09. The predicted octanol–water partition coefficient (Wildman–Crippen LogP) is 3.61. The molecule has 3 N–H and O–H groups in total. The lowest BCUT2D eigenvalue weighted by atomic mass is 9.98. The summed E-state index contributed by atoms with van der Waals surface area (Å²) in [5, 5.41) is 0. The topological polar surface area (TPSA) is 38.0 Å². The third-order valence-corrected chi connectivity index (χ3v) is 3.90. The van der Waals surface area contributed by atoms with Crippen LogP contribution in [-0.4, -0.2) is 0 Å². The number of hydrogen-bond donors (Lipinski definition) is 2. The Morgan fingerprint density at radius 1 is 1.05 bits per heavy atom. The maximum absolute atomic E-state index is 13.8. The Morgan fingerprint density at radius 3 is 2.40 bits per heavy atom. The number of halogens is 4. The van der Waals surface area contributed by atoms with Gasteiger partial charge in [-0.05, 0) is 40.0 Å². The molecule has 2 aromatic carbocycles. The van der Waals surface area contributed by atoms with Crippen molar-refractivity contribution in [2.24, 2.45) is 5.84 Å². The third-order valence-electron chi connectivity index (χ3n) is 3.01. The number of nitrogens with one attached hydrogen (secondary N) is 1. The van der Waals surface area contributed by atoms with Crippen LogP contribution in [-0.2, 0) is 6.42 Å². The van der Waals surface area contributed by atoms with Gasteiger partial charge in [-0.1, -0.05) is 24.3 Å². The molecular formula is C14H12BrF3N2. The van der Waals surface area contributed by atoms with Crippen LogP contribution in [0.4, 0.5) is 13.2 Å². The number of hydrazine groups is 1. The summed E-state index contributed by atoms with van der Waals surface area (Å²) in [6.07, 6.45) is 0.217. The van der Waals surface area contributed by atoms with Gasteiger partial charge >= 0.3 is 0 Å². The van der Waals surface area contributed by atoms with E-state index in [1.54, 1.807) is 12.1 Å². The van der Waals surface area contributed by atoms with Gasteiger partial charge in [0, 0.05) is 5.56 Å². The van der Waals surface area contributed by atoms with E-state index in [4.69, 9.17) is 5.84 Å². The molecule has 1 atom stereocenters. The maximum Gasteiger partial charge on any atom is 0.163 e. The quantitative estimate of drug-likeness (QED) is 0.656. The van der Waals surface area contributed by atoms with Crippen molar-refractivity contribution in [3.8, 4) is 0 Å². The van der Waals surface area contributed by atoms with Crippen molar-refractivity contribution in [3.63, 3.8) is 0 Å². The lowest BCUT2D eigenvalue weighted by molar-refractivity contribution is 0.463. The minimum Gasteiger partial charge on any atom is -0.271 e. The molecule has 0 radical (unpaired) electrons. The van der Waals surface area contributed by atoms with E-state index in [2.05, 4.69) is 21.4 Å². The summed E-state index contributed by atoms with van der Waals surface area (Å²) in [5.41, 5.74) is 3.14. The van der Waals surface area contributed by atoms with Gasteiger partial charge in [0.15, 0.2) is 11.6 Å². The van der Waals surface area contributed by atoms with Gasteiger partial charge in [-0.3, -0.25) is 11.3 Å². The highest BCUT2D eigenvalue weighted by Crippen LogP contribution is 2.27. The Balaban J connectivity index is 2.34. The van der Waals surface area contributed by atoms with Crippen molar-refractivity contribution >= 4 is 15.9 Å².